The third-order valence-corrected chi connectivity index (χ3v) is 10.0. The fourth-order valence-electron chi connectivity index (χ4n) is 7.14. The normalized spacial score (nSPS) is 24.7. The van der Waals surface area contributed by atoms with E-state index in [0.717, 1.165) is 67.7 Å². The molecule has 14 heteroatoms. The summed E-state index contributed by atoms with van der Waals surface area (Å²) in [5, 5.41) is 4.16. The molecule has 0 spiro atoms. The number of alkyl halides is 2. The topological polar surface area (TPSA) is 137 Å². The molecule has 54 heavy (non-hydrogen) atoms. The molecule has 0 bridgehead atoms. The molecule has 1 fully saturated rings. The van der Waals surface area contributed by atoms with Gasteiger partial charge in [-0.25, -0.2) is 19.0 Å². The number of rotatable bonds is 4. The third-order valence-electron chi connectivity index (χ3n) is 10.0. The molecule has 2 aliphatic heterocycles. The molecule has 5 N–H and O–H groups in total. The number of hydrazine groups is 1. The van der Waals surface area contributed by atoms with Crippen molar-refractivity contribution >= 4 is 17.7 Å². The van der Waals surface area contributed by atoms with Crippen LogP contribution < -0.4 is 21.6 Å². The first kappa shape index (κ1) is 42.4. The Kier molecular flexibility index (Phi) is 15.6. The van der Waals surface area contributed by atoms with Crippen LogP contribution in [0.1, 0.15) is 81.1 Å². The number of halogens is 3. The number of fused-ring (bicyclic) bond motifs is 2. The number of nitrogens with one attached hydrogen (secondary N) is 1. The molecule has 0 aromatic heterocycles. The average Bonchev–Trinajstić information content (AvgIpc) is 3.45. The number of likely N-dealkylation sites (N-methyl/N-ethyl adjacent to an activating group) is 2. The second-order valence-electron chi connectivity index (χ2n) is 15.2. The minimum atomic E-state index is -3.32. The van der Waals surface area contributed by atoms with Gasteiger partial charge in [0.1, 0.15) is 30.3 Å². The van der Waals surface area contributed by atoms with E-state index in [1.807, 2.05) is 51.2 Å². The first-order valence-electron chi connectivity index (χ1n) is 19.0. The van der Waals surface area contributed by atoms with Crippen LogP contribution in [-0.2, 0) is 16.0 Å². The van der Waals surface area contributed by atoms with Crippen molar-refractivity contribution in [2.75, 3.05) is 46.9 Å². The lowest BCUT2D eigenvalue weighted by molar-refractivity contribution is -0.145. The highest BCUT2D eigenvalue weighted by atomic mass is 19.3. The monoisotopic (exact) mass is 757 g/mol. The molecular weight excluding hydrogens is 699 g/mol. The predicted octanol–water partition coefficient (Wildman–Crippen LogP) is 4.92. The third kappa shape index (κ3) is 12.6. The molecule has 298 valence electrons. The zero-order valence-electron chi connectivity index (χ0n) is 32.1. The molecule has 0 saturated carbocycles. The lowest BCUT2D eigenvalue weighted by Gasteiger charge is -2.36. The van der Waals surface area contributed by atoms with Gasteiger partial charge in [-0.05, 0) is 62.9 Å². The summed E-state index contributed by atoms with van der Waals surface area (Å²) in [6.07, 6.45) is 7.23. The van der Waals surface area contributed by atoms with Gasteiger partial charge >= 0.3 is 0 Å². The fraction of sp³-hybridized carbons (Fsp3) is 0.575. The van der Waals surface area contributed by atoms with Crippen LogP contribution in [0, 0.1) is 11.7 Å². The number of benzene rings is 2. The van der Waals surface area contributed by atoms with E-state index < -0.39 is 54.5 Å². The fourth-order valence-corrected chi connectivity index (χ4v) is 7.14. The van der Waals surface area contributed by atoms with E-state index in [0.29, 0.717) is 19.5 Å². The van der Waals surface area contributed by atoms with E-state index in [1.54, 1.807) is 7.05 Å². The molecule has 3 unspecified atom stereocenters. The van der Waals surface area contributed by atoms with Crippen molar-refractivity contribution in [2.24, 2.45) is 17.5 Å². The van der Waals surface area contributed by atoms with Gasteiger partial charge in [0, 0.05) is 44.9 Å². The molecule has 3 amide bonds. The summed E-state index contributed by atoms with van der Waals surface area (Å²) >= 11 is 0. The number of amides is 3. The Balaban J connectivity index is 1.66. The van der Waals surface area contributed by atoms with Crippen LogP contribution in [0.15, 0.2) is 60.4 Å². The Morgan fingerprint density at radius 3 is 2.30 bits per heavy atom. The van der Waals surface area contributed by atoms with Crippen LogP contribution >= 0.6 is 0 Å². The number of nitrogens with two attached hydrogens (primary N) is 2. The molecular formula is C40H58F3N7O4. The van der Waals surface area contributed by atoms with Crippen LogP contribution in [0.3, 0.4) is 0 Å². The largest absolute Gasteiger partial charge is 0.486 e. The summed E-state index contributed by atoms with van der Waals surface area (Å²) < 4.78 is 50.7. The van der Waals surface area contributed by atoms with Gasteiger partial charge in [0.15, 0.2) is 0 Å². The van der Waals surface area contributed by atoms with Gasteiger partial charge in [0.05, 0.1) is 17.8 Å². The smallest absolute Gasteiger partial charge is 0.267 e. The molecule has 1 saturated heterocycles. The maximum absolute atomic E-state index is 15.3. The number of carbonyl (C=O) groups excluding carboxylic acids is 3. The van der Waals surface area contributed by atoms with E-state index >= 15 is 8.78 Å². The molecule has 2 aromatic rings. The first-order chi connectivity index (χ1) is 25.6. The lowest BCUT2D eigenvalue weighted by atomic mass is 10.0. The number of ether oxygens (including phenoxy) is 1. The Bertz CT molecular complexity index is 1580. The van der Waals surface area contributed by atoms with Gasteiger partial charge in [0.2, 0.25) is 11.8 Å². The van der Waals surface area contributed by atoms with E-state index in [-0.39, 0.29) is 42.0 Å². The number of nitrogens with zero attached hydrogens (tertiary/aromatic N) is 4. The minimum absolute atomic E-state index is 0.0798. The SMILES string of the molecule is CC(C)CC1NC(=O)c2ccc(F)cc2OC/C(N)=C/N(N)CCCCCCCCN(C)CC(Cc2ccccc2)N(C)C(=O)C2CC(F)(F)CN2C1=O. The molecule has 0 radical (unpaired) electrons. The molecule has 4 rings (SSSR count). The van der Waals surface area contributed by atoms with Crippen molar-refractivity contribution in [2.45, 2.75) is 95.7 Å². The van der Waals surface area contributed by atoms with E-state index in [1.165, 1.54) is 22.2 Å². The molecule has 3 atom stereocenters. The quantitative estimate of drug-likeness (QED) is 0.375. The Morgan fingerprint density at radius 1 is 0.944 bits per heavy atom. The highest BCUT2D eigenvalue weighted by Crippen LogP contribution is 2.34. The van der Waals surface area contributed by atoms with Crippen molar-refractivity contribution in [3.63, 3.8) is 0 Å². The van der Waals surface area contributed by atoms with E-state index in [9.17, 15) is 18.8 Å². The van der Waals surface area contributed by atoms with Gasteiger partial charge in [-0.3, -0.25) is 14.4 Å². The van der Waals surface area contributed by atoms with Gasteiger partial charge in [-0.1, -0.05) is 69.9 Å². The minimum Gasteiger partial charge on any atom is -0.486 e. The summed E-state index contributed by atoms with van der Waals surface area (Å²) in [5.74, 6) is -0.257. The Hall–Kier alpha value is -4.30. The van der Waals surface area contributed by atoms with Crippen LogP contribution in [0.5, 0.6) is 5.75 Å². The second kappa shape index (κ2) is 19.9. The number of hydrogen-bond acceptors (Lipinski definition) is 8. The number of carbonyl (C=O) groups is 3. The molecule has 2 aliphatic rings. The summed E-state index contributed by atoms with van der Waals surface area (Å²) in [5.41, 5.74) is 7.31. The van der Waals surface area contributed by atoms with Crippen molar-refractivity contribution in [3.8, 4) is 5.75 Å². The van der Waals surface area contributed by atoms with Gasteiger partial charge in [0.25, 0.3) is 11.8 Å². The summed E-state index contributed by atoms with van der Waals surface area (Å²) in [6, 6.07) is 9.97. The first-order valence-corrected chi connectivity index (χ1v) is 19.0. The molecule has 2 aromatic carbocycles. The van der Waals surface area contributed by atoms with Gasteiger partial charge < -0.3 is 35.5 Å². The highest BCUT2D eigenvalue weighted by Gasteiger charge is 2.52. The van der Waals surface area contributed by atoms with Crippen LogP contribution in [0.4, 0.5) is 13.2 Å². The molecule has 0 aliphatic carbocycles. The molecule has 11 nitrogen and oxygen atoms in total. The van der Waals surface area contributed by atoms with E-state index in [2.05, 4.69) is 10.2 Å². The molecule has 2 heterocycles. The predicted molar refractivity (Wildman–Crippen MR) is 203 cm³/mol. The zero-order chi connectivity index (χ0) is 39.4. The zero-order valence-corrected chi connectivity index (χ0v) is 32.1. The Labute approximate surface area is 317 Å². The van der Waals surface area contributed by atoms with Gasteiger partial charge in [-0.2, -0.15) is 0 Å². The average molecular weight is 758 g/mol. The van der Waals surface area contributed by atoms with Crippen molar-refractivity contribution in [1.29, 1.82) is 0 Å². The van der Waals surface area contributed by atoms with Crippen molar-refractivity contribution in [1.82, 2.24) is 25.0 Å². The second-order valence-corrected chi connectivity index (χ2v) is 15.2. The Morgan fingerprint density at radius 2 is 1.61 bits per heavy atom. The van der Waals surface area contributed by atoms with E-state index in [4.69, 9.17) is 16.3 Å². The maximum Gasteiger partial charge on any atom is 0.267 e. The lowest BCUT2D eigenvalue weighted by Crippen LogP contribution is -2.56. The maximum atomic E-state index is 15.3. The van der Waals surface area contributed by atoms with Crippen LogP contribution in [0.25, 0.3) is 0 Å². The van der Waals surface area contributed by atoms with Gasteiger partial charge in [-0.15, -0.1) is 0 Å². The highest BCUT2D eigenvalue weighted by molar-refractivity contribution is 6.00. The summed E-state index contributed by atoms with van der Waals surface area (Å²) in [7, 11) is 3.61. The standard InChI is InChI=1S/C40H58F3N7O4/c1-28(2)20-34-38(52)50-27-40(42,43)23-35(50)39(53)48(4)32(21-29-14-10-9-11-15-29)25-47(3)18-12-7-5-6-8-13-19-49(45)24-31(44)26-54-36-22-30(41)16-17-33(36)37(51)46-34/h9-11,14-17,22,24,28,32,34-35H,5-8,12-13,18-21,23,25-27,44-45H2,1-4H3,(H,46,51)/b31-24-. The summed E-state index contributed by atoms with van der Waals surface area (Å²) in [6.45, 7) is 4.37. The number of hydrogen-bond donors (Lipinski definition) is 3. The van der Waals surface area contributed by atoms with Crippen LogP contribution in [0.2, 0.25) is 0 Å². The summed E-state index contributed by atoms with van der Waals surface area (Å²) in [4.78, 5) is 46.9. The van der Waals surface area contributed by atoms with Crippen molar-refractivity contribution < 1.29 is 32.3 Å². The van der Waals surface area contributed by atoms with Crippen LogP contribution in [-0.4, -0.2) is 108 Å². The van der Waals surface area contributed by atoms with Crippen molar-refractivity contribution in [3.05, 3.63) is 77.4 Å².